The van der Waals surface area contributed by atoms with E-state index in [4.69, 9.17) is 0 Å². The molecule has 0 aliphatic rings. The maximum absolute atomic E-state index is 12.0. The minimum atomic E-state index is -0.0864. The van der Waals surface area contributed by atoms with Crippen molar-refractivity contribution in [2.45, 2.75) is 39.5 Å². The first-order valence-electron chi connectivity index (χ1n) is 7.04. The molecule has 1 amide bonds. The van der Waals surface area contributed by atoms with E-state index in [1.165, 1.54) is 5.56 Å². The van der Waals surface area contributed by atoms with Crippen molar-refractivity contribution in [2.75, 3.05) is 5.32 Å². The molecule has 110 valence electrons. The van der Waals surface area contributed by atoms with Gasteiger partial charge < -0.3 is 5.32 Å². The number of nitrogens with one attached hydrogen (secondary N) is 1. The van der Waals surface area contributed by atoms with Crippen molar-refractivity contribution in [1.82, 2.24) is 10.2 Å². The van der Waals surface area contributed by atoms with Crippen LogP contribution in [0.25, 0.3) is 0 Å². The summed E-state index contributed by atoms with van der Waals surface area (Å²) in [4.78, 5) is 12.0. The number of aromatic nitrogens is 2. The number of amides is 1. The van der Waals surface area contributed by atoms with E-state index in [2.05, 4.69) is 36.3 Å². The largest absolute Gasteiger partial charge is 0.326 e. The van der Waals surface area contributed by atoms with Gasteiger partial charge in [-0.1, -0.05) is 32.9 Å². The third-order valence-electron chi connectivity index (χ3n) is 3.23. The molecule has 0 saturated heterocycles. The fourth-order valence-electron chi connectivity index (χ4n) is 1.94. The van der Waals surface area contributed by atoms with E-state index in [9.17, 15) is 4.79 Å². The summed E-state index contributed by atoms with van der Waals surface area (Å²) < 4.78 is 0. The predicted octanol–water partition coefficient (Wildman–Crippen LogP) is 3.26. The Kier molecular flexibility index (Phi) is 4.36. The lowest BCUT2D eigenvalue weighted by Crippen LogP contribution is -2.16. The van der Waals surface area contributed by atoms with Gasteiger partial charge in [0.1, 0.15) is 0 Å². The van der Waals surface area contributed by atoms with Crippen molar-refractivity contribution >= 4 is 11.6 Å². The Morgan fingerprint density at radius 3 is 2.24 bits per heavy atom. The summed E-state index contributed by atoms with van der Waals surface area (Å²) in [7, 11) is 0. The zero-order valence-corrected chi connectivity index (χ0v) is 13.0. The number of nitrogens with zero attached hydrogens (tertiary/aromatic N) is 2. The summed E-state index contributed by atoms with van der Waals surface area (Å²) >= 11 is 0. The van der Waals surface area contributed by atoms with Crippen LogP contribution in [0.2, 0.25) is 0 Å². The summed E-state index contributed by atoms with van der Waals surface area (Å²) in [6, 6.07) is 11.6. The van der Waals surface area contributed by atoms with Crippen LogP contribution in [0, 0.1) is 6.92 Å². The van der Waals surface area contributed by atoms with E-state index in [0.29, 0.717) is 5.69 Å². The fourth-order valence-corrected chi connectivity index (χ4v) is 1.94. The molecule has 0 aliphatic heterocycles. The van der Waals surface area contributed by atoms with Crippen LogP contribution in [0.15, 0.2) is 36.4 Å². The first kappa shape index (κ1) is 15.2. The van der Waals surface area contributed by atoms with Crippen LogP contribution in [0.1, 0.15) is 37.7 Å². The van der Waals surface area contributed by atoms with Crippen molar-refractivity contribution in [3.63, 3.8) is 0 Å². The molecule has 1 aromatic carbocycles. The van der Waals surface area contributed by atoms with E-state index in [-0.39, 0.29) is 17.7 Å². The molecule has 0 atom stereocenters. The molecule has 0 unspecified atom stereocenters. The van der Waals surface area contributed by atoms with Crippen molar-refractivity contribution in [3.05, 3.63) is 53.3 Å². The molecule has 21 heavy (non-hydrogen) atoms. The highest BCUT2D eigenvalue weighted by Gasteiger charge is 2.13. The highest BCUT2D eigenvalue weighted by Crippen LogP contribution is 2.23. The van der Waals surface area contributed by atoms with Gasteiger partial charge in [-0.25, -0.2) is 0 Å². The Labute approximate surface area is 125 Å². The number of hydrogen-bond acceptors (Lipinski definition) is 3. The van der Waals surface area contributed by atoms with Crippen LogP contribution >= 0.6 is 0 Å². The normalized spacial score (nSPS) is 11.2. The van der Waals surface area contributed by atoms with Gasteiger partial charge >= 0.3 is 0 Å². The van der Waals surface area contributed by atoms with Crippen LogP contribution in [-0.4, -0.2) is 16.1 Å². The Bertz CT molecular complexity index is 610. The maximum Gasteiger partial charge on any atom is 0.230 e. The van der Waals surface area contributed by atoms with E-state index in [1.54, 1.807) is 0 Å². The van der Waals surface area contributed by atoms with Gasteiger partial charge in [0.2, 0.25) is 5.91 Å². The first-order chi connectivity index (χ1) is 9.84. The molecular weight excluding hydrogens is 262 g/mol. The molecule has 1 N–H and O–H groups in total. The van der Waals surface area contributed by atoms with Crippen LogP contribution < -0.4 is 5.32 Å². The van der Waals surface area contributed by atoms with Gasteiger partial charge in [0.05, 0.1) is 17.8 Å². The molecule has 2 rings (SSSR count). The van der Waals surface area contributed by atoms with E-state index < -0.39 is 0 Å². The van der Waals surface area contributed by atoms with E-state index >= 15 is 0 Å². The second-order valence-corrected chi connectivity index (χ2v) is 6.22. The number of benzene rings is 1. The minimum Gasteiger partial charge on any atom is -0.326 e. The second kappa shape index (κ2) is 6.04. The Hall–Kier alpha value is -2.23. The number of carbonyl (C=O) groups is 1. The molecule has 4 heteroatoms. The number of carbonyl (C=O) groups excluding carboxylic acids is 1. The van der Waals surface area contributed by atoms with Crippen molar-refractivity contribution in [1.29, 1.82) is 0 Å². The average molecular weight is 283 g/mol. The van der Waals surface area contributed by atoms with Gasteiger partial charge in [-0.2, -0.15) is 10.2 Å². The lowest BCUT2D eigenvalue weighted by atomic mass is 9.87. The topological polar surface area (TPSA) is 54.9 Å². The predicted molar refractivity (Wildman–Crippen MR) is 84.2 cm³/mol. The maximum atomic E-state index is 12.0. The Balaban J connectivity index is 1.98. The quantitative estimate of drug-likeness (QED) is 0.940. The molecule has 0 spiro atoms. The molecular formula is C17H21N3O. The molecule has 0 bridgehead atoms. The SMILES string of the molecule is Cc1ccc(CC(=O)Nc2ccc(C(C)(C)C)cc2)nn1. The van der Waals surface area contributed by atoms with Crippen LogP contribution in [-0.2, 0) is 16.6 Å². The third kappa shape index (κ3) is 4.38. The monoisotopic (exact) mass is 283 g/mol. The standard InChI is InChI=1S/C17H21N3O/c1-12-5-8-15(20-19-12)11-16(21)18-14-9-6-13(7-10-14)17(2,3)4/h5-10H,11H2,1-4H3,(H,18,21). The zero-order valence-electron chi connectivity index (χ0n) is 13.0. The fraction of sp³-hybridized carbons (Fsp3) is 0.353. The molecule has 0 radical (unpaired) electrons. The molecule has 1 heterocycles. The van der Waals surface area contributed by atoms with Gasteiger partial charge in [0.25, 0.3) is 0 Å². The first-order valence-corrected chi connectivity index (χ1v) is 7.04. The number of anilines is 1. The van der Waals surface area contributed by atoms with Crippen LogP contribution in [0.5, 0.6) is 0 Å². The summed E-state index contributed by atoms with van der Waals surface area (Å²) in [5.74, 6) is -0.0864. The summed E-state index contributed by atoms with van der Waals surface area (Å²) in [5.41, 5.74) is 3.67. The highest BCUT2D eigenvalue weighted by atomic mass is 16.1. The van der Waals surface area contributed by atoms with Crippen molar-refractivity contribution in [3.8, 4) is 0 Å². The Morgan fingerprint density at radius 2 is 1.71 bits per heavy atom. The van der Waals surface area contributed by atoms with Crippen molar-refractivity contribution < 1.29 is 4.79 Å². The molecule has 0 aliphatic carbocycles. The average Bonchev–Trinajstić information content (AvgIpc) is 2.41. The van der Waals surface area contributed by atoms with Gasteiger partial charge in [0, 0.05) is 5.69 Å². The molecule has 2 aromatic rings. The van der Waals surface area contributed by atoms with Crippen molar-refractivity contribution in [2.24, 2.45) is 0 Å². The number of hydrogen-bond donors (Lipinski definition) is 1. The van der Waals surface area contributed by atoms with E-state index in [1.807, 2.05) is 43.3 Å². The number of rotatable bonds is 3. The smallest absolute Gasteiger partial charge is 0.230 e. The zero-order chi connectivity index (χ0) is 15.5. The minimum absolute atomic E-state index is 0.0864. The van der Waals surface area contributed by atoms with Gasteiger partial charge in [0.15, 0.2) is 0 Å². The van der Waals surface area contributed by atoms with Gasteiger partial charge in [-0.3, -0.25) is 4.79 Å². The van der Waals surface area contributed by atoms with Crippen LogP contribution in [0.3, 0.4) is 0 Å². The second-order valence-electron chi connectivity index (χ2n) is 6.22. The van der Waals surface area contributed by atoms with Gasteiger partial charge in [-0.15, -0.1) is 0 Å². The third-order valence-corrected chi connectivity index (χ3v) is 3.23. The summed E-state index contributed by atoms with van der Waals surface area (Å²) in [6.45, 7) is 8.36. The Morgan fingerprint density at radius 1 is 1.05 bits per heavy atom. The van der Waals surface area contributed by atoms with Gasteiger partial charge in [-0.05, 0) is 42.2 Å². The van der Waals surface area contributed by atoms with E-state index in [0.717, 1.165) is 11.4 Å². The molecule has 0 fully saturated rings. The lowest BCUT2D eigenvalue weighted by molar-refractivity contribution is -0.115. The molecule has 0 saturated carbocycles. The number of aryl methyl sites for hydroxylation is 1. The summed E-state index contributed by atoms with van der Waals surface area (Å²) in [5, 5.41) is 10.8. The molecule has 1 aromatic heterocycles. The highest BCUT2D eigenvalue weighted by molar-refractivity contribution is 5.91. The van der Waals surface area contributed by atoms with Crippen LogP contribution in [0.4, 0.5) is 5.69 Å². The summed E-state index contributed by atoms with van der Waals surface area (Å²) in [6.07, 6.45) is 0.230. The molecule has 4 nitrogen and oxygen atoms in total. The lowest BCUT2D eigenvalue weighted by Gasteiger charge is -2.19.